The Hall–Kier alpha value is -2.34. The molecule has 0 radical (unpaired) electrons. The molecule has 0 fully saturated rings. The van der Waals surface area contributed by atoms with Crippen LogP contribution in [0.15, 0.2) is 47.4 Å². The fourth-order valence-electron chi connectivity index (χ4n) is 2.01. The van der Waals surface area contributed by atoms with Crippen molar-refractivity contribution in [2.75, 3.05) is 5.73 Å². The third kappa shape index (κ3) is 3.41. The number of anilines is 1. The standard InChI is InChI=1S/C15H16N2O3S/c1-10-7-11(15(17)18)5-6-12(10)9-21(19,20)14-4-2-3-13(16)8-14/h2-8H,9,16H2,1H3,(H2,17,18). The molecule has 2 aromatic rings. The number of rotatable bonds is 4. The van der Waals surface area contributed by atoms with Crippen LogP contribution in [0.25, 0.3) is 0 Å². The number of carbonyl (C=O) groups excluding carboxylic acids is 1. The van der Waals surface area contributed by atoms with Crippen LogP contribution < -0.4 is 11.5 Å². The molecule has 0 heterocycles. The van der Waals surface area contributed by atoms with Gasteiger partial charge in [0, 0.05) is 11.3 Å². The van der Waals surface area contributed by atoms with Gasteiger partial charge in [-0.1, -0.05) is 12.1 Å². The smallest absolute Gasteiger partial charge is 0.248 e. The summed E-state index contributed by atoms with van der Waals surface area (Å²) in [6.45, 7) is 1.75. The zero-order valence-corrected chi connectivity index (χ0v) is 12.4. The van der Waals surface area contributed by atoms with Crippen LogP contribution in [0.2, 0.25) is 0 Å². The summed E-state index contributed by atoms with van der Waals surface area (Å²) in [5.41, 5.74) is 12.9. The molecule has 0 unspecified atom stereocenters. The third-order valence-electron chi connectivity index (χ3n) is 3.19. The molecule has 1 amide bonds. The maximum absolute atomic E-state index is 12.4. The highest BCUT2D eigenvalue weighted by Crippen LogP contribution is 2.21. The number of hydrogen-bond acceptors (Lipinski definition) is 4. The molecule has 5 nitrogen and oxygen atoms in total. The summed E-state index contributed by atoms with van der Waals surface area (Å²) >= 11 is 0. The van der Waals surface area contributed by atoms with Crippen molar-refractivity contribution in [1.82, 2.24) is 0 Å². The number of sulfone groups is 1. The van der Waals surface area contributed by atoms with E-state index in [1.807, 2.05) is 0 Å². The summed E-state index contributed by atoms with van der Waals surface area (Å²) in [5, 5.41) is 0. The lowest BCUT2D eigenvalue weighted by molar-refractivity contribution is 0.1000. The topological polar surface area (TPSA) is 103 Å². The van der Waals surface area contributed by atoms with Crippen molar-refractivity contribution in [2.45, 2.75) is 17.6 Å². The van der Waals surface area contributed by atoms with Crippen LogP contribution in [0.5, 0.6) is 0 Å². The highest BCUT2D eigenvalue weighted by molar-refractivity contribution is 7.90. The SMILES string of the molecule is Cc1cc(C(N)=O)ccc1CS(=O)(=O)c1cccc(N)c1. The van der Waals surface area contributed by atoms with Crippen molar-refractivity contribution in [3.63, 3.8) is 0 Å². The monoisotopic (exact) mass is 304 g/mol. The van der Waals surface area contributed by atoms with Gasteiger partial charge in [0.15, 0.2) is 9.84 Å². The van der Waals surface area contributed by atoms with Crippen LogP contribution >= 0.6 is 0 Å². The van der Waals surface area contributed by atoms with Crippen molar-refractivity contribution < 1.29 is 13.2 Å². The number of hydrogen-bond donors (Lipinski definition) is 2. The average molecular weight is 304 g/mol. The van der Waals surface area contributed by atoms with Crippen LogP contribution in [-0.2, 0) is 15.6 Å². The van der Waals surface area contributed by atoms with Crippen LogP contribution in [0, 0.1) is 6.92 Å². The molecule has 2 aromatic carbocycles. The summed E-state index contributed by atoms with van der Waals surface area (Å²) in [6, 6.07) is 10.9. The minimum atomic E-state index is -3.49. The van der Waals surface area contributed by atoms with Crippen molar-refractivity contribution in [2.24, 2.45) is 5.73 Å². The van der Waals surface area contributed by atoms with Gasteiger partial charge in [-0.2, -0.15) is 0 Å². The van der Waals surface area contributed by atoms with Crippen LogP contribution in [0.4, 0.5) is 5.69 Å². The molecular formula is C15H16N2O3S. The van der Waals surface area contributed by atoms with Crippen LogP contribution in [-0.4, -0.2) is 14.3 Å². The van der Waals surface area contributed by atoms with Gasteiger partial charge in [-0.05, 0) is 48.4 Å². The normalized spacial score (nSPS) is 11.3. The fraction of sp³-hybridized carbons (Fsp3) is 0.133. The molecule has 0 atom stereocenters. The minimum Gasteiger partial charge on any atom is -0.399 e. The second kappa shape index (κ2) is 5.57. The Balaban J connectivity index is 2.35. The largest absolute Gasteiger partial charge is 0.399 e. The van der Waals surface area contributed by atoms with Gasteiger partial charge in [-0.3, -0.25) is 4.79 Å². The van der Waals surface area contributed by atoms with Crippen LogP contribution in [0.1, 0.15) is 21.5 Å². The number of benzene rings is 2. The van der Waals surface area contributed by atoms with E-state index in [0.717, 1.165) is 0 Å². The molecule has 0 saturated carbocycles. The zero-order valence-electron chi connectivity index (χ0n) is 11.5. The minimum absolute atomic E-state index is 0.151. The summed E-state index contributed by atoms with van der Waals surface area (Å²) in [7, 11) is -3.49. The van der Waals surface area contributed by atoms with E-state index in [4.69, 9.17) is 11.5 Å². The fourth-order valence-corrected chi connectivity index (χ4v) is 3.51. The maximum atomic E-state index is 12.4. The number of carbonyl (C=O) groups is 1. The predicted molar refractivity (Wildman–Crippen MR) is 81.4 cm³/mol. The number of nitrogen functional groups attached to an aromatic ring is 1. The van der Waals surface area contributed by atoms with E-state index in [0.29, 0.717) is 22.4 Å². The van der Waals surface area contributed by atoms with Crippen molar-refractivity contribution >= 4 is 21.4 Å². The van der Waals surface area contributed by atoms with E-state index in [1.54, 1.807) is 31.2 Å². The number of amides is 1. The van der Waals surface area contributed by atoms with Crippen molar-refractivity contribution in [1.29, 1.82) is 0 Å². The first-order valence-electron chi connectivity index (χ1n) is 6.27. The van der Waals surface area contributed by atoms with E-state index in [2.05, 4.69) is 0 Å². The highest BCUT2D eigenvalue weighted by atomic mass is 32.2. The van der Waals surface area contributed by atoms with Crippen molar-refractivity contribution in [3.8, 4) is 0 Å². The lowest BCUT2D eigenvalue weighted by Gasteiger charge is -2.09. The molecule has 0 spiro atoms. The number of nitrogens with two attached hydrogens (primary N) is 2. The van der Waals surface area contributed by atoms with Gasteiger partial charge in [0.25, 0.3) is 0 Å². The molecule has 0 aliphatic heterocycles. The second-order valence-electron chi connectivity index (χ2n) is 4.84. The molecule has 110 valence electrons. The predicted octanol–water partition coefficient (Wildman–Crippen LogP) is 1.65. The maximum Gasteiger partial charge on any atom is 0.248 e. The van der Waals surface area contributed by atoms with Gasteiger partial charge in [0.1, 0.15) is 0 Å². The highest BCUT2D eigenvalue weighted by Gasteiger charge is 2.17. The zero-order chi connectivity index (χ0) is 15.6. The van der Waals surface area contributed by atoms with Crippen LogP contribution in [0.3, 0.4) is 0 Å². The van der Waals surface area contributed by atoms with E-state index in [1.165, 1.54) is 18.2 Å². The molecule has 21 heavy (non-hydrogen) atoms. The van der Waals surface area contributed by atoms with E-state index in [-0.39, 0.29) is 10.6 Å². The molecule has 0 bridgehead atoms. The van der Waals surface area contributed by atoms with E-state index >= 15 is 0 Å². The van der Waals surface area contributed by atoms with Gasteiger partial charge >= 0.3 is 0 Å². The van der Waals surface area contributed by atoms with Gasteiger partial charge in [0.05, 0.1) is 10.6 Å². The third-order valence-corrected chi connectivity index (χ3v) is 4.85. The van der Waals surface area contributed by atoms with E-state index in [9.17, 15) is 13.2 Å². The molecular weight excluding hydrogens is 288 g/mol. The summed E-state index contributed by atoms with van der Waals surface area (Å²) in [5.74, 6) is -0.690. The first-order chi connectivity index (χ1) is 9.79. The van der Waals surface area contributed by atoms with Crippen molar-refractivity contribution in [3.05, 3.63) is 59.2 Å². The summed E-state index contributed by atoms with van der Waals surface area (Å²) in [4.78, 5) is 11.3. The Labute approximate surface area is 123 Å². The first-order valence-corrected chi connectivity index (χ1v) is 7.92. The Bertz CT molecular complexity index is 798. The number of aryl methyl sites for hydroxylation is 1. The average Bonchev–Trinajstić information content (AvgIpc) is 2.40. The van der Waals surface area contributed by atoms with Gasteiger partial charge in [-0.25, -0.2) is 8.42 Å². The Morgan fingerprint density at radius 2 is 1.86 bits per heavy atom. The lowest BCUT2D eigenvalue weighted by Crippen LogP contribution is -2.12. The van der Waals surface area contributed by atoms with Gasteiger partial charge < -0.3 is 11.5 Å². The van der Waals surface area contributed by atoms with Gasteiger partial charge in [0.2, 0.25) is 5.91 Å². The van der Waals surface area contributed by atoms with E-state index < -0.39 is 15.7 Å². The molecule has 0 aromatic heterocycles. The lowest BCUT2D eigenvalue weighted by atomic mass is 10.1. The molecule has 4 N–H and O–H groups in total. The first kappa shape index (κ1) is 15.1. The second-order valence-corrected chi connectivity index (χ2v) is 6.83. The Morgan fingerprint density at radius 1 is 1.14 bits per heavy atom. The quantitative estimate of drug-likeness (QED) is 0.838. The molecule has 0 saturated heterocycles. The Kier molecular flexibility index (Phi) is 3.99. The molecule has 0 aliphatic rings. The summed E-state index contributed by atoms with van der Waals surface area (Å²) < 4.78 is 24.8. The molecule has 2 rings (SSSR count). The Morgan fingerprint density at radius 3 is 2.43 bits per heavy atom. The molecule has 6 heteroatoms. The molecule has 0 aliphatic carbocycles. The van der Waals surface area contributed by atoms with Gasteiger partial charge in [-0.15, -0.1) is 0 Å². The summed E-state index contributed by atoms with van der Waals surface area (Å²) in [6.07, 6.45) is 0. The number of primary amides is 1.